The number of hydrogen-bond donors (Lipinski definition) is 1. The number of nitrogens with zero attached hydrogens (tertiary/aromatic N) is 2. The molecule has 150 valence electrons. The highest BCUT2D eigenvalue weighted by Crippen LogP contribution is 2.29. The summed E-state index contributed by atoms with van der Waals surface area (Å²) in [7, 11) is 1.22. The van der Waals surface area contributed by atoms with Gasteiger partial charge < -0.3 is 19.4 Å². The molecule has 1 fully saturated rings. The fourth-order valence-electron chi connectivity index (χ4n) is 3.17. The number of carbonyl (C=O) groups is 3. The number of aryl methyl sites for hydroxylation is 1. The number of rotatable bonds is 5. The first kappa shape index (κ1) is 20.0. The minimum absolute atomic E-state index is 0.125. The van der Waals surface area contributed by atoms with Crippen LogP contribution in [0, 0.1) is 6.92 Å². The Balaban J connectivity index is 1.78. The first-order chi connectivity index (χ1) is 13.4. The summed E-state index contributed by atoms with van der Waals surface area (Å²) < 4.78 is 9.86. The quantitative estimate of drug-likeness (QED) is 0.739. The number of aromatic nitrogens is 2. The lowest BCUT2D eigenvalue weighted by Gasteiger charge is -2.26. The Morgan fingerprint density at radius 1 is 1.21 bits per heavy atom. The van der Waals surface area contributed by atoms with E-state index < -0.39 is 17.5 Å². The predicted molar refractivity (Wildman–Crippen MR) is 101 cm³/mol. The Labute approximate surface area is 164 Å². The molecular formula is C18H21N3O6S. The molecule has 2 aromatic rings. The summed E-state index contributed by atoms with van der Waals surface area (Å²) >= 11 is 0.985. The topological polar surface area (TPSA) is 119 Å². The van der Waals surface area contributed by atoms with Gasteiger partial charge in [0.05, 0.1) is 18.9 Å². The average Bonchev–Trinajstić information content (AvgIpc) is 3.04. The minimum atomic E-state index is -0.699. The molecule has 0 spiro atoms. The zero-order valence-corrected chi connectivity index (χ0v) is 16.5. The monoisotopic (exact) mass is 407 g/mol. The molecule has 28 heavy (non-hydrogen) atoms. The van der Waals surface area contributed by atoms with Crippen molar-refractivity contribution in [3.05, 3.63) is 26.6 Å². The Bertz CT molecular complexity index is 974. The number of ether oxygens (including phenoxy) is 2. The predicted octanol–water partition coefficient (Wildman–Crippen LogP) is 1.18. The van der Waals surface area contributed by atoms with Gasteiger partial charge in [-0.1, -0.05) is 0 Å². The van der Waals surface area contributed by atoms with Crippen molar-refractivity contribution < 1.29 is 23.9 Å². The fourth-order valence-corrected chi connectivity index (χ4v) is 4.33. The summed E-state index contributed by atoms with van der Waals surface area (Å²) in [5.74, 6) is -1.20. The molecule has 9 nitrogen and oxygen atoms in total. The normalized spacial score (nSPS) is 14.1. The third-order valence-electron chi connectivity index (χ3n) is 4.54. The maximum absolute atomic E-state index is 12.3. The number of thiophene rings is 1. The number of nitrogens with one attached hydrogen (secondary N) is 1. The molecule has 0 unspecified atom stereocenters. The van der Waals surface area contributed by atoms with Crippen LogP contribution >= 0.6 is 11.3 Å². The Kier molecular flexibility index (Phi) is 6.08. The van der Waals surface area contributed by atoms with E-state index in [1.54, 1.807) is 11.8 Å². The molecule has 10 heteroatoms. The minimum Gasteiger partial charge on any atom is -0.465 e. The van der Waals surface area contributed by atoms with E-state index in [2.05, 4.69) is 9.97 Å². The number of likely N-dealkylation sites (tertiary alicyclic amines) is 1. The van der Waals surface area contributed by atoms with Gasteiger partial charge in [0.1, 0.15) is 15.5 Å². The first-order valence-electron chi connectivity index (χ1n) is 8.94. The van der Waals surface area contributed by atoms with Gasteiger partial charge in [-0.05, 0) is 26.2 Å². The van der Waals surface area contributed by atoms with Crippen molar-refractivity contribution in [2.75, 3.05) is 26.8 Å². The standard InChI is InChI=1S/C18H21N3O6S/c1-10-19-16(24)14-11(15(18(25)26-2)28-17(14)20-10)8-13(23)27-9-12(22)21-6-4-3-5-7-21/h3-9H2,1-2H3,(H,19,20,24). The molecule has 3 rings (SSSR count). The number of piperidine rings is 1. The molecule has 1 saturated heterocycles. The summed E-state index contributed by atoms with van der Waals surface area (Å²) in [6, 6.07) is 0. The molecule has 0 radical (unpaired) electrons. The van der Waals surface area contributed by atoms with E-state index in [0.29, 0.717) is 23.7 Å². The lowest BCUT2D eigenvalue weighted by Crippen LogP contribution is -2.38. The van der Waals surface area contributed by atoms with Gasteiger partial charge in [0.15, 0.2) is 6.61 Å². The van der Waals surface area contributed by atoms with Crippen molar-refractivity contribution in [3.63, 3.8) is 0 Å². The van der Waals surface area contributed by atoms with E-state index in [9.17, 15) is 19.2 Å². The van der Waals surface area contributed by atoms with Gasteiger partial charge in [-0.3, -0.25) is 14.4 Å². The van der Waals surface area contributed by atoms with Crippen molar-refractivity contribution in [1.82, 2.24) is 14.9 Å². The van der Waals surface area contributed by atoms with E-state index >= 15 is 0 Å². The van der Waals surface area contributed by atoms with Gasteiger partial charge in [0, 0.05) is 18.7 Å². The Morgan fingerprint density at radius 3 is 2.61 bits per heavy atom. The summed E-state index contributed by atoms with van der Waals surface area (Å²) in [6.07, 6.45) is 2.65. The number of carbonyl (C=O) groups excluding carboxylic acids is 3. The second kappa shape index (κ2) is 8.51. The van der Waals surface area contributed by atoms with Crippen molar-refractivity contribution in [2.24, 2.45) is 0 Å². The van der Waals surface area contributed by atoms with E-state index in [1.165, 1.54) is 7.11 Å². The number of aromatic amines is 1. The van der Waals surface area contributed by atoms with E-state index in [0.717, 1.165) is 30.6 Å². The van der Waals surface area contributed by atoms with Gasteiger partial charge >= 0.3 is 11.9 Å². The van der Waals surface area contributed by atoms with Gasteiger partial charge in [-0.15, -0.1) is 11.3 Å². The van der Waals surface area contributed by atoms with Crippen molar-refractivity contribution >= 4 is 39.4 Å². The lowest BCUT2D eigenvalue weighted by molar-refractivity contribution is -0.151. The van der Waals surface area contributed by atoms with Crippen LogP contribution in [0.2, 0.25) is 0 Å². The molecule has 1 aliphatic rings. The highest BCUT2D eigenvalue weighted by molar-refractivity contribution is 7.20. The van der Waals surface area contributed by atoms with Crippen LogP contribution in [0.3, 0.4) is 0 Å². The average molecular weight is 407 g/mol. The number of hydrogen-bond acceptors (Lipinski definition) is 8. The molecule has 0 saturated carbocycles. The number of esters is 2. The van der Waals surface area contributed by atoms with Crippen LogP contribution in [0.4, 0.5) is 0 Å². The Hall–Kier alpha value is -2.75. The smallest absolute Gasteiger partial charge is 0.348 e. The molecule has 0 aliphatic carbocycles. The number of amides is 1. The van der Waals surface area contributed by atoms with E-state index in [1.807, 2.05) is 0 Å². The van der Waals surface area contributed by atoms with E-state index in [-0.39, 0.29) is 34.8 Å². The highest BCUT2D eigenvalue weighted by atomic mass is 32.1. The van der Waals surface area contributed by atoms with Crippen LogP contribution in [0.15, 0.2) is 4.79 Å². The van der Waals surface area contributed by atoms with Crippen molar-refractivity contribution in [1.29, 1.82) is 0 Å². The third-order valence-corrected chi connectivity index (χ3v) is 5.64. The van der Waals surface area contributed by atoms with Crippen molar-refractivity contribution in [3.8, 4) is 0 Å². The summed E-state index contributed by atoms with van der Waals surface area (Å²) in [5, 5.41) is 0.162. The second-order valence-corrected chi connectivity index (χ2v) is 7.51. The van der Waals surface area contributed by atoms with Crippen LogP contribution in [-0.4, -0.2) is 59.5 Å². The molecule has 0 atom stereocenters. The summed E-state index contributed by atoms with van der Waals surface area (Å²) in [5.41, 5.74) is -0.239. The van der Waals surface area contributed by atoms with Crippen LogP contribution < -0.4 is 5.56 Å². The number of methoxy groups -OCH3 is 1. The maximum atomic E-state index is 12.3. The Morgan fingerprint density at radius 2 is 1.93 bits per heavy atom. The van der Waals surface area contributed by atoms with Gasteiger partial charge in [0.25, 0.3) is 11.5 Å². The first-order valence-corrected chi connectivity index (χ1v) is 9.76. The highest BCUT2D eigenvalue weighted by Gasteiger charge is 2.25. The lowest BCUT2D eigenvalue weighted by atomic mass is 10.1. The SMILES string of the molecule is COC(=O)c1sc2nc(C)[nH]c(=O)c2c1CC(=O)OCC(=O)N1CCCCC1. The largest absolute Gasteiger partial charge is 0.465 e. The third kappa shape index (κ3) is 4.22. The maximum Gasteiger partial charge on any atom is 0.348 e. The molecule has 0 aromatic carbocycles. The molecule has 2 aromatic heterocycles. The summed E-state index contributed by atoms with van der Waals surface area (Å²) in [4.78, 5) is 57.8. The zero-order valence-electron chi connectivity index (χ0n) is 15.7. The van der Waals surface area contributed by atoms with Gasteiger partial charge in [-0.25, -0.2) is 9.78 Å². The van der Waals surface area contributed by atoms with Gasteiger partial charge in [-0.2, -0.15) is 0 Å². The van der Waals surface area contributed by atoms with E-state index in [4.69, 9.17) is 9.47 Å². The molecule has 1 amide bonds. The van der Waals surface area contributed by atoms with Crippen LogP contribution in [0.5, 0.6) is 0 Å². The molecule has 0 bridgehead atoms. The number of H-pyrrole nitrogens is 1. The fraction of sp³-hybridized carbons (Fsp3) is 0.500. The number of fused-ring (bicyclic) bond motifs is 1. The van der Waals surface area contributed by atoms with Gasteiger partial charge in [0.2, 0.25) is 0 Å². The van der Waals surface area contributed by atoms with Crippen molar-refractivity contribution in [2.45, 2.75) is 32.6 Å². The molecule has 3 heterocycles. The summed E-state index contributed by atoms with van der Waals surface area (Å²) in [6.45, 7) is 2.59. The second-order valence-electron chi connectivity index (χ2n) is 6.51. The van der Waals surface area contributed by atoms with Crippen LogP contribution in [0.1, 0.15) is 40.3 Å². The molecule has 1 N–H and O–H groups in total. The van der Waals surface area contributed by atoms with Crippen LogP contribution in [-0.2, 0) is 25.5 Å². The zero-order chi connectivity index (χ0) is 20.3. The molecular weight excluding hydrogens is 386 g/mol. The molecule has 1 aliphatic heterocycles. The van der Waals surface area contributed by atoms with Crippen LogP contribution in [0.25, 0.3) is 10.2 Å².